The van der Waals surface area contributed by atoms with Gasteiger partial charge >= 0.3 is 0 Å². The van der Waals surface area contributed by atoms with E-state index in [1.807, 2.05) is 0 Å². The Morgan fingerprint density at radius 1 is 0.541 bits per heavy atom. The molecule has 4 N–H and O–H groups in total. The number of unbranched alkanes of at least 4 members (excludes halogenated alkanes) is 20. The van der Waals surface area contributed by atoms with Gasteiger partial charge in [-0.25, -0.2) is 0 Å². The Morgan fingerprint density at radius 2 is 0.784 bits per heavy atom. The van der Waals surface area contributed by atoms with Crippen LogP contribution in [-0.4, -0.2) is 39.4 Å². The molecule has 0 bridgehead atoms. The van der Waals surface area contributed by atoms with Crippen LogP contribution in [0.5, 0.6) is 0 Å². The van der Waals surface area contributed by atoms with Crippen LogP contribution in [-0.2, 0) is 14.4 Å². The zero-order valence-corrected chi connectivity index (χ0v) is 24.2. The van der Waals surface area contributed by atoms with E-state index in [9.17, 15) is 24.6 Å². The highest BCUT2D eigenvalue weighted by atomic mass is 16.4. The van der Waals surface area contributed by atoms with Crippen molar-refractivity contribution in [3.05, 3.63) is 0 Å². The number of aliphatic hydroxyl groups excluding tert-OH is 1. The standard InChI is InChI=1S/C31H59NO5/c1-3-5-7-9-11-13-15-17-19-21-23-25-27(33)31(37,29(35)30(32)36)28(34)26-24-22-20-18-16-14-12-10-8-6-4-2/h29,35,37H,3-26H2,1-2H3,(H2,32,36). The molecule has 0 radical (unpaired) electrons. The molecular weight excluding hydrogens is 466 g/mol. The molecular formula is C31H59NO5. The molecule has 6 nitrogen and oxygen atoms in total. The molecule has 0 aliphatic heterocycles. The van der Waals surface area contributed by atoms with E-state index in [1.165, 1.54) is 89.9 Å². The van der Waals surface area contributed by atoms with Crippen LogP contribution in [0.15, 0.2) is 0 Å². The van der Waals surface area contributed by atoms with Crippen molar-refractivity contribution in [1.82, 2.24) is 0 Å². The van der Waals surface area contributed by atoms with Crippen LogP contribution >= 0.6 is 0 Å². The smallest absolute Gasteiger partial charge is 0.250 e. The second kappa shape index (κ2) is 23.8. The highest BCUT2D eigenvalue weighted by Gasteiger charge is 2.51. The molecule has 0 aromatic carbocycles. The van der Waals surface area contributed by atoms with Crippen molar-refractivity contribution in [2.45, 2.75) is 180 Å². The quantitative estimate of drug-likeness (QED) is 0.0743. The first kappa shape index (κ1) is 35.7. The average molecular weight is 526 g/mol. The molecule has 0 saturated carbocycles. The SMILES string of the molecule is CCCCCCCCCCCCCC(=O)C(O)(C(=O)CCCCCCCCCCCCC)C(O)C(N)=O. The zero-order chi connectivity index (χ0) is 27.8. The predicted octanol–water partition coefficient (Wildman–Crippen LogP) is 7.10. The number of rotatable bonds is 28. The van der Waals surface area contributed by atoms with Gasteiger partial charge in [-0.2, -0.15) is 0 Å². The summed E-state index contributed by atoms with van der Waals surface area (Å²) in [6.45, 7) is 4.44. The fourth-order valence-corrected chi connectivity index (χ4v) is 4.95. The summed E-state index contributed by atoms with van der Waals surface area (Å²) >= 11 is 0. The lowest BCUT2D eigenvalue weighted by Gasteiger charge is -2.28. The Morgan fingerprint density at radius 3 is 1.03 bits per heavy atom. The first-order valence-corrected chi connectivity index (χ1v) is 15.6. The van der Waals surface area contributed by atoms with Crippen LogP contribution in [0.3, 0.4) is 0 Å². The molecule has 0 heterocycles. The lowest BCUT2D eigenvalue weighted by Crippen LogP contribution is -2.60. The van der Waals surface area contributed by atoms with Crippen molar-refractivity contribution in [2.24, 2.45) is 5.73 Å². The van der Waals surface area contributed by atoms with Gasteiger partial charge in [-0.05, 0) is 12.8 Å². The molecule has 0 saturated heterocycles. The van der Waals surface area contributed by atoms with E-state index >= 15 is 0 Å². The highest BCUT2D eigenvalue weighted by molar-refractivity contribution is 6.14. The van der Waals surface area contributed by atoms with E-state index in [4.69, 9.17) is 5.73 Å². The summed E-state index contributed by atoms with van der Waals surface area (Å²) in [5.41, 5.74) is 2.45. The summed E-state index contributed by atoms with van der Waals surface area (Å²) < 4.78 is 0. The summed E-state index contributed by atoms with van der Waals surface area (Å²) in [4.78, 5) is 37.1. The van der Waals surface area contributed by atoms with Crippen LogP contribution < -0.4 is 5.73 Å². The van der Waals surface area contributed by atoms with Gasteiger partial charge in [0.05, 0.1) is 0 Å². The number of nitrogens with two attached hydrogens (primary N) is 1. The van der Waals surface area contributed by atoms with Gasteiger partial charge in [0.1, 0.15) is 0 Å². The molecule has 0 aliphatic carbocycles. The third-order valence-electron chi connectivity index (χ3n) is 7.53. The maximum atomic E-state index is 12.8. The van der Waals surface area contributed by atoms with Crippen LogP contribution in [0.2, 0.25) is 0 Å². The highest BCUT2D eigenvalue weighted by Crippen LogP contribution is 2.22. The van der Waals surface area contributed by atoms with Crippen molar-refractivity contribution in [1.29, 1.82) is 0 Å². The number of carbonyl (C=O) groups excluding carboxylic acids is 3. The summed E-state index contributed by atoms with van der Waals surface area (Å²) in [7, 11) is 0. The number of ketones is 2. The minimum atomic E-state index is -2.72. The summed E-state index contributed by atoms with van der Waals surface area (Å²) in [6.07, 6.45) is 22.4. The normalized spacial score (nSPS) is 12.5. The molecule has 1 atom stereocenters. The molecule has 0 aromatic rings. The minimum absolute atomic E-state index is 0.0398. The number of hydrogen-bond acceptors (Lipinski definition) is 5. The molecule has 218 valence electrons. The van der Waals surface area contributed by atoms with Crippen molar-refractivity contribution in [3.63, 3.8) is 0 Å². The molecule has 0 rings (SSSR count). The van der Waals surface area contributed by atoms with E-state index in [0.717, 1.165) is 38.5 Å². The van der Waals surface area contributed by atoms with Gasteiger partial charge in [0.2, 0.25) is 11.5 Å². The number of aliphatic hydroxyl groups is 2. The van der Waals surface area contributed by atoms with Gasteiger partial charge < -0.3 is 15.9 Å². The van der Waals surface area contributed by atoms with Gasteiger partial charge in [0, 0.05) is 12.8 Å². The van der Waals surface area contributed by atoms with Crippen molar-refractivity contribution in [3.8, 4) is 0 Å². The summed E-state index contributed by atoms with van der Waals surface area (Å²) in [5.74, 6) is -2.83. The third-order valence-corrected chi connectivity index (χ3v) is 7.53. The van der Waals surface area contributed by atoms with Gasteiger partial charge in [-0.3, -0.25) is 14.4 Å². The first-order valence-electron chi connectivity index (χ1n) is 15.6. The Kier molecular flexibility index (Phi) is 23.0. The Labute approximate surface area is 227 Å². The summed E-state index contributed by atoms with van der Waals surface area (Å²) in [6, 6.07) is 0. The molecule has 0 spiro atoms. The van der Waals surface area contributed by atoms with Gasteiger partial charge in [-0.15, -0.1) is 0 Å². The number of Topliss-reactive ketones (excluding diaryl/α,β-unsaturated/α-hetero) is 2. The molecule has 0 fully saturated rings. The topological polar surface area (TPSA) is 118 Å². The predicted molar refractivity (Wildman–Crippen MR) is 152 cm³/mol. The molecule has 0 aromatic heterocycles. The van der Waals surface area contributed by atoms with Crippen LogP contribution in [0.1, 0.15) is 168 Å². The van der Waals surface area contributed by atoms with Gasteiger partial charge in [-0.1, -0.05) is 142 Å². The molecule has 6 heteroatoms. The maximum Gasteiger partial charge on any atom is 0.250 e. The Hall–Kier alpha value is -1.27. The maximum absolute atomic E-state index is 12.8. The fourth-order valence-electron chi connectivity index (χ4n) is 4.95. The van der Waals surface area contributed by atoms with E-state index in [1.54, 1.807) is 0 Å². The number of primary amides is 1. The van der Waals surface area contributed by atoms with Crippen LogP contribution in [0, 0.1) is 0 Å². The molecule has 0 aliphatic rings. The van der Waals surface area contributed by atoms with E-state index in [-0.39, 0.29) is 12.8 Å². The largest absolute Gasteiger partial charge is 0.379 e. The second-order valence-electron chi connectivity index (χ2n) is 11.0. The minimum Gasteiger partial charge on any atom is -0.379 e. The molecule has 1 unspecified atom stereocenters. The first-order chi connectivity index (χ1) is 17.8. The van der Waals surface area contributed by atoms with Gasteiger partial charge in [0.15, 0.2) is 17.7 Å². The summed E-state index contributed by atoms with van der Waals surface area (Å²) in [5, 5.41) is 21.0. The molecule has 1 amide bonds. The second-order valence-corrected chi connectivity index (χ2v) is 11.0. The molecule has 37 heavy (non-hydrogen) atoms. The zero-order valence-electron chi connectivity index (χ0n) is 24.2. The number of carbonyl (C=O) groups is 3. The van der Waals surface area contributed by atoms with Crippen LogP contribution in [0.4, 0.5) is 0 Å². The Bertz CT molecular complexity index is 554. The fraction of sp³-hybridized carbons (Fsp3) is 0.903. The van der Waals surface area contributed by atoms with Crippen molar-refractivity contribution < 1.29 is 24.6 Å². The lowest BCUT2D eigenvalue weighted by molar-refractivity contribution is -0.168. The monoisotopic (exact) mass is 525 g/mol. The Balaban J connectivity index is 4.25. The average Bonchev–Trinajstić information content (AvgIpc) is 2.88. The van der Waals surface area contributed by atoms with Gasteiger partial charge in [0.25, 0.3) is 0 Å². The van der Waals surface area contributed by atoms with E-state index in [2.05, 4.69) is 13.8 Å². The van der Waals surface area contributed by atoms with E-state index < -0.39 is 29.2 Å². The number of hydrogen-bond donors (Lipinski definition) is 3. The lowest BCUT2D eigenvalue weighted by atomic mass is 9.82. The third kappa shape index (κ3) is 17.0. The van der Waals surface area contributed by atoms with Crippen molar-refractivity contribution >= 4 is 17.5 Å². The number of amides is 1. The van der Waals surface area contributed by atoms with Crippen LogP contribution in [0.25, 0.3) is 0 Å². The van der Waals surface area contributed by atoms with Crippen molar-refractivity contribution in [2.75, 3.05) is 0 Å². The van der Waals surface area contributed by atoms with E-state index in [0.29, 0.717) is 12.8 Å².